The average Bonchev–Trinajstić information content (AvgIpc) is 4.07. The van der Waals surface area contributed by atoms with Crippen LogP contribution in [0.15, 0.2) is 77.4 Å². The number of likely N-dealkylation sites (tertiary alicyclic amines) is 1. The third kappa shape index (κ3) is 9.06. The van der Waals surface area contributed by atoms with Crippen molar-refractivity contribution in [2.45, 2.75) is 98.5 Å². The molecule has 0 saturated carbocycles. The minimum atomic E-state index is -1.03. The number of benzene rings is 2. The van der Waals surface area contributed by atoms with Crippen molar-refractivity contribution >= 4 is 52.1 Å². The zero-order valence-electron chi connectivity index (χ0n) is 38.4. The number of esters is 1. The van der Waals surface area contributed by atoms with Gasteiger partial charge in [0.2, 0.25) is 11.8 Å². The molecule has 17 heteroatoms. The highest BCUT2D eigenvalue weighted by Crippen LogP contribution is 2.40. The molecule has 2 aliphatic rings. The van der Waals surface area contributed by atoms with Gasteiger partial charge in [-0.3, -0.25) is 33.7 Å². The third-order valence-corrected chi connectivity index (χ3v) is 14.5. The number of aliphatic hydroxyl groups is 1. The van der Waals surface area contributed by atoms with Gasteiger partial charge < -0.3 is 25.4 Å². The van der Waals surface area contributed by atoms with Crippen LogP contribution in [0.1, 0.15) is 107 Å². The summed E-state index contributed by atoms with van der Waals surface area (Å²) >= 11 is 3.19. The van der Waals surface area contributed by atoms with E-state index in [9.17, 15) is 24.3 Å². The molecule has 6 heterocycles. The van der Waals surface area contributed by atoms with Crippen LogP contribution in [0.25, 0.3) is 26.7 Å². The molecule has 0 aliphatic carbocycles. The first kappa shape index (κ1) is 46.1. The smallest absolute Gasteiger partial charge is 0.308 e. The maximum absolute atomic E-state index is 14.4. The lowest BCUT2D eigenvalue weighted by Crippen LogP contribution is -2.57. The van der Waals surface area contributed by atoms with Gasteiger partial charge in [-0.2, -0.15) is 0 Å². The molecule has 15 nitrogen and oxygen atoms in total. The lowest BCUT2D eigenvalue weighted by atomic mass is 9.85. The molecular formula is C49H53N9O6S2. The minimum Gasteiger partial charge on any atom is -0.469 e. The van der Waals surface area contributed by atoms with E-state index < -0.39 is 47.4 Å². The molecule has 3 N–H and O–H groups in total. The number of aromatic nitrogens is 5. The van der Waals surface area contributed by atoms with Crippen LogP contribution < -0.4 is 10.6 Å². The first-order valence-electron chi connectivity index (χ1n) is 21.8. The van der Waals surface area contributed by atoms with Gasteiger partial charge in [-0.15, -0.1) is 32.9 Å². The summed E-state index contributed by atoms with van der Waals surface area (Å²) in [6.07, 6.45) is 0.702. The van der Waals surface area contributed by atoms with E-state index in [4.69, 9.17) is 9.73 Å². The lowest BCUT2D eigenvalue weighted by molar-refractivity contribution is -0.142. The number of carbonyl (C=O) groups excluding carboxylic acids is 4. The number of thiophene rings is 1. The van der Waals surface area contributed by atoms with E-state index >= 15 is 0 Å². The lowest BCUT2D eigenvalue weighted by Gasteiger charge is -2.35. The molecule has 3 amide bonds. The summed E-state index contributed by atoms with van der Waals surface area (Å²) < 4.78 is 7.01. The fourth-order valence-electron chi connectivity index (χ4n) is 8.52. The Balaban J connectivity index is 0.994. The number of fused-ring (bicyclic) bond motifs is 3. The third-order valence-electron chi connectivity index (χ3n) is 12.3. The van der Waals surface area contributed by atoms with Crippen molar-refractivity contribution in [1.29, 1.82) is 0 Å². The largest absolute Gasteiger partial charge is 0.469 e. The molecule has 0 bridgehead atoms. The fraction of sp³-hybridized carbons (Fsp3) is 0.367. The summed E-state index contributed by atoms with van der Waals surface area (Å²) in [6, 6.07) is 15.9. The van der Waals surface area contributed by atoms with E-state index in [-0.39, 0.29) is 31.3 Å². The number of thiazole rings is 1. The summed E-state index contributed by atoms with van der Waals surface area (Å²) in [6.45, 7) is 15.4. The van der Waals surface area contributed by atoms with E-state index in [2.05, 4.69) is 44.6 Å². The summed E-state index contributed by atoms with van der Waals surface area (Å²) in [5.41, 5.74) is 9.04. The van der Waals surface area contributed by atoms with Crippen molar-refractivity contribution in [3.05, 3.63) is 122 Å². The maximum atomic E-state index is 14.4. The number of ether oxygens (including phenoxy) is 1. The van der Waals surface area contributed by atoms with Gasteiger partial charge in [0.1, 0.15) is 29.0 Å². The fourth-order valence-corrected chi connectivity index (χ4v) is 10.5. The standard InChI is InChI=1S/C49H53N9O6S2/c1-25-28(4)66-48-40(25)41(53-37(22-39(60)64-9)44-56-55-29(5)58(44)48)32-14-12-31(13-15-32)36-20-34(18-19-50-36)45(61)54-43(49(6,7)8)47(63)57-23-35(59)21-38(57)46(62)52-26(2)30-10-16-33(17-11-30)42-27(3)51-24-65-42/h10-20,24,26,35,37-38,43,59H,21-23H2,1-9H3,(H,52,62)(H,54,61)/t26-,35+,37-,38-,43?/m0/s1. The molecule has 0 spiro atoms. The Kier molecular flexibility index (Phi) is 12.9. The summed E-state index contributed by atoms with van der Waals surface area (Å²) in [4.78, 5) is 72.6. The highest BCUT2D eigenvalue weighted by atomic mass is 32.1. The van der Waals surface area contributed by atoms with E-state index in [0.29, 0.717) is 28.6 Å². The van der Waals surface area contributed by atoms with Gasteiger partial charge >= 0.3 is 5.97 Å². The number of hydrogen-bond acceptors (Lipinski definition) is 13. The highest BCUT2D eigenvalue weighted by Gasteiger charge is 2.45. The number of aliphatic imine (C=N–C) groups is 1. The van der Waals surface area contributed by atoms with Crippen LogP contribution in [0.3, 0.4) is 0 Å². The monoisotopic (exact) mass is 927 g/mol. The number of carbonyl (C=O) groups is 4. The van der Waals surface area contributed by atoms with Crippen molar-refractivity contribution < 1.29 is 29.0 Å². The number of aliphatic hydroxyl groups excluding tert-OH is 1. The van der Waals surface area contributed by atoms with Crippen LogP contribution in [-0.2, 0) is 19.1 Å². The number of pyridine rings is 1. The highest BCUT2D eigenvalue weighted by molar-refractivity contribution is 7.15. The van der Waals surface area contributed by atoms with Gasteiger partial charge in [-0.05, 0) is 68.9 Å². The van der Waals surface area contributed by atoms with E-state index in [0.717, 1.165) is 53.8 Å². The minimum absolute atomic E-state index is 0.0102. The van der Waals surface area contributed by atoms with Gasteiger partial charge in [0.05, 0.1) is 53.2 Å². The van der Waals surface area contributed by atoms with Crippen molar-refractivity contribution in [1.82, 2.24) is 40.3 Å². The van der Waals surface area contributed by atoms with Crippen LogP contribution in [0, 0.1) is 33.1 Å². The van der Waals surface area contributed by atoms with Crippen LogP contribution in [-0.4, -0.2) is 96.0 Å². The Labute approximate surface area is 391 Å². The number of β-amino-alcohol motifs (C(OH)–C–C–N with tert-alkyl or cyclic N) is 1. The van der Waals surface area contributed by atoms with E-state index in [1.807, 2.05) is 100 Å². The van der Waals surface area contributed by atoms with E-state index in [1.54, 1.807) is 41.0 Å². The van der Waals surface area contributed by atoms with Crippen molar-refractivity contribution in [3.8, 4) is 26.7 Å². The SMILES string of the molecule is COC(=O)C[C@@H]1N=C(c2ccc(-c3cc(C(=O)NC(C(=O)N4C[C@H](O)C[C@H]4C(=O)N[C@@H](C)c4ccc(-c5scnc5C)cc4)C(C)(C)C)ccn3)cc2)c2c(sc(C)c2C)-n2c(C)nnc21. The Bertz CT molecular complexity index is 2860. The number of methoxy groups -OCH3 is 1. The van der Waals surface area contributed by atoms with Gasteiger partial charge in [0.15, 0.2) is 5.82 Å². The Morgan fingerprint density at radius 1 is 0.924 bits per heavy atom. The second kappa shape index (κ2) is 18.5. The quantitative estimate of drug-likeness (QED) is 0.112. The van der Waals surface area contributed by atoms with E-state index in [1.165, 1.54) is 12.0 Å². The molecule has 66 heavy (non-hydrogen) atoms. The van der Waals surface area contributed by atoms with Crippen LogP contribution in [0.2, 0.25) is 0 Å². The maximum Gasteiger partial charge on any atom is 0.308 e. The number of aryl methyl sites for hydroxylation is 3. The summed E-state index contributed by atoms with van der Waals surface area (Å²) in [5.74, 6) is -0.487. The number of nitrogens with one attached hydrogen (secondary N) is 2. The van der Waals surface area contributed by atoms with Crippen LogP contribution in [0.5, 0.6) is 0 Å². The zero-order chi connectivity index (χ0) is 47.2. The molecule has 1 saturated heterocycles. The normalized spacial score (nSPS) is 17.8. The molecule has 1 fully saturated rings. The number of nitrogens with zero attached hydrogens (tertiary/aromatic N) is 7. The molecule has 2 aromatic carbocycles. The average molecular weight is 928 g/mol. The zero-order valence-corrected chi connectivity index (χ0v) is 40.0. The predicted octanol–water partition coefficient (Wildman–Crippen LogP) is 7.19. The van der Waals surface area contributed by atoms with Gasteiger partial charge in [-0.25, -0.2) is 4.98 Å². The van der Waals surface area contributed by atoms with Gasteiger partial charge in [0, 0.05) is 46.3 Å². The topological polar surface area (TPSA) is 194 Å². The Morgan fingerprint density at radius 3 is 2.29 bits per heavy atom. The number of rotatable bonds is 11. The molecule has 0 radical (unpaired) electrons. The molecule has 8 rings (SSSR count). The first-order chi connectivity index (χ1) is 31.4. The molecule has 4 aromatic heterocycles. The van der Waals surface area contributed by atoms with Gasteiger partial charge in [-0.1, -0.05) is 69.3 Å². The molecule has 6 aromatic rings. The number of amides is 3. The molecular weight excluding hydrogens is 875 g/mol. The van der Waals surface area contributed by atoms with Crippen molar-refractivity contribution in [3.63, 3.8) is 0 Å². The molecule has 1 unspecified atom stereocenters. The van der Waals surface area contributed by atoms with Crippen LogP contribution >= 0.6 is 22.7 Å². The van der Waals surface area contributed by atoms with Crippen LogP contribution in [0.4, 0.5) is 0 Å². The predicted molar refractivity (Wildman–Crippen MR) is 254 cm³/mol. The summed E-state index contributed by atoms with van der Waals surface area (Å²) in [7, 11) is 1.35. The molecule has 5 atom stereocenters. The Morgan fingerprint density at radius 2 is 1.62 bits per heavy atom. The summed E-state index contributed by atoms with van der Waals surface area (Å²) in [5, 5.41) is 26.5. The Hall–Kier alpha value is -6.43. The van der Waals surface area contributed by atoms with Gasteiger partial charge in [0.25, 0.3) is 5.91 Å². The van der Waals surface area contributed by atoms with Crippen molar-refractivity contribution in [2.75, 3.05) is 13.7 Å². The van der Waals surface area contributed by atoms with Crippen molar-refractivity contribution in [2.24, 2.45) is 10.4 Å². The second-order valence-corrected chi connectivity index (χ2v) is 20.0. The molecule has 2 aliphatic heterocycles. The first-order valence-corrected chi connectivity index (χ1v) is 23.5. The number of hydrogen-bond donors (Lipinski definition) is 3. The molecule has 342 valence electrons. The second-order valence-electron chi connectivity index (χ2n) is 18.0.